The van der Waals surface area contributed by atoms with Gasteiger partial charge in [0.25, 0.3) is 0 Å². The van der Waals surface area contributed by atoms with Gasteiger partial charge in [-0.1, -0.05) is 6.92 Å². The molecule has 0 saturated carbocycles. The van der Waals surface area contributed by atoms with Gasteiger partial charge in [-0.15, -0.1) is 0 Å². The van der Waals surface area contributed by atoms with Crippen LogP contribution in [0.4, 0.5) is 13.2 Å². The minimum atomic E-state index is -4.63. The lowest BCUT2D eigenvalue weighted by molar-refractivity contribution is -0.539. The molecule has 0 amide bonds. The minimum absolute atomic E-state index is 0.0203. The zero-order chi connectivity index (χ0) is 9.74. The van der Waals surface area contributed by atoms with Gasteiger partial charge in [-0.3, -0.25) is 0 Å². The zero-order valence-electron chi connectivity index (χ0n) is 6.98. The predicted octanol–water partition coefficient (Wildman–Crippen LogP) is 1.29. The third-order valence-corrected chi connectivity index (χ3v) is 2.18. The highest BCUT2D eigenvalue weighted by Gasteiger charge is 2.66. The van der Waals surface area contributed by atoms with E-state index in [1.165, 1.54) is 0 Å². The van der Waals surface area contributed by atoms with E-state index in [2.05, 4.69) is 14.2 Å². The van der Waals surface area contributed by atoms with Crippen LogP contribution in [0.2, 0.25) is 0 Å². The summed E-state index contributed by atoms with van der Waals surface area (Å²) in [5.74, 6) is -2.80. The van der Waals surface area contributed by atoms with E-state index in [0.29, 0.717) is 0 Å². The van der Waals surface area contributed by atoms with Crippen molar-refractivity contribution in [1.82, 2.24) is 0 Å². The number of halogens is 3. The van der Waals surface area contributed by atoms with Crippen molar-refractivity contribution in [3.63, 3.8) is 0 Å². The molecule has 0 spiro atoms. The Hall–Kier alpha value is -0.330. The van der Waals surface area contributed by atoms with Crippen molar-refractivity contribution < 1.29 is 27.4 Å². The monoisotopic (exact) mass is 198 g/mol. The Kier molecular flexibility index (Phi) is 1.68. The van der Waals surface area contributed by atoms with E-state index in [0.717, 1.165) is 0 Å². The van der Waals surface area contributed by atoms with Gasteiger partial charge in [-0.2, -0.15) is 13.2 Å². The molecule has 3 nitrogen and oxygen atoms in total. The third-order valence-electron chi connectivity index (χ3n) is 2.18. The average molecular weight is 198 g/mol. The Bertz CT molecular complexity index is 201. The molecule has 3 heterocycles. The minimum Gasteiger partial charge on any atom is -0.319 e. The molecule has 0 aliphatic carbocycles. The fourth-order valence-corrected chi connectivity index (χ4v) is 1.30. The fraction of sp³-hybridized carbons (Fsp3) is 1.00. The maximum Gasteiger partial charge on any atom is 0.473 e. The Morgan fingerprint density at radius 2 is 1.38 bits per heavy atom. The van der Waals surface area contributed by atoms with E-state index >= 15 is 0 Å². The largest absolute Gasteiger partial charge is 0.473 e. The van der Waals surface area contributed by atoms with Gasteiger partial charge >= 0.3 is 12.1 Å². The average Bonchev–Trinajstić information content (AvgIpc) is 2.04. The summed E-state index contributed by atoms with van der Waals surface area (Å²) in [7, 11) is 0. The summed E-state index contributed by atoms with van der Waals surface area (Å²) in [5, 5.41) is 0. The second-order valence-electron chi connectivity index (χ2n) is 3.73. The van der Waals surface area contributed by atoms with Crippen molar-refractivity contribution in [2.75, 3.05) is 19.8 Å². The van der Waals surface area contributed by atoms with Gasteiger partial charge in [0.05, 0.1) is 19.8 Å². The lowest BCUT2D eigenvalue weighted by atomic mass is 9.92. The van der Waals surface area contributed by atoms with Crippen molar-refractivity contribution in [3.8, 4) is 0 Å². The highest BCUT2D eigenvalue weighted by Crippen LogP contribution is 2.46. The first-order chi connectivity index (χ1) is 5.87. The molecule has 3 rings (SSSR count). The number of fused-ring (bicyclic) bond motifs is 3. The standard InChI is InChI=1S/C7H9F3O3/c1-5-2-11-7(12-3-5,13-4-5)6(8,9)10/h2-4H2,1H3. The molecule has 3 aliphatic rings. The molecule has 0 unspecified atom stereocenters. The smallest absolute Gasteiger partial charge is 0.319 e. The Labute approximate surface area is 72.8 Å². The van der Waals surface area contributed by atoms with Crippen LogP contribution >= 0.6 is 0 Å². The van der Waals surface area contributed by atoms with Gasteiger partial charge < -0.3 is 14.2 Å². The van der Waals surface area contributed by atoms with Crippen LogP contribution in [-0.4, -0.2) is 32.0 Å². The highest BCUT2D eigenvalue weighted by molar-refractivity contribution is 4.87. The molecule has 0 aromatic rings. The molecule has 2 bridgehead atoms. The first-order valence-electron chi connectivity index (χ1n) is 3.86. The van der Waals surface area contributed by atoms with Crippen molar-refractivity contribution in [1.29, 1.82) is 0 Å². The van der Waals surface area contributed by atoms with Gasteiger partial charge in [0.1, 0.15) is 0 Å². The topological polar surface area (TPSA) is 27.7 Å². The van der Waals surface area contributed by atoms with Crippen molar-refractivity contribution in [2.45, 2.75) is 19.1 Å². The summed E-state index contributed by atoms with van der Waals surface area (Å²) in [6, 6.07) is 0. The Balaban J connectivity index is 2.20. The van der Waals surface area contributed by atoms with Gasteiger partial charge in [-0.25, -0.2) is 0 Å². The van der Waals surface area contributed by atoms with E-state index in [1.807, 2.05) is 0 Å². The van der Waals surface area contributed by atoms with Gasteiger partial charge in [-0.05, 0) is 0 Å². The number of hydrogen-bond donors (Lipinski definition) is 0. The normalized spacial score (nSPS) is 45.2. The van der Waals surface area contributed by atoms with E-state index in [9.17, 15) is 13.2 Å². The molecule has 0 N–H and O–H groups in total. The van der Waals surface area contributed by atoms with Gasteiger partial charge in [0, 0.05) is 5.41 Å². The van der Waals surface area contributed by atoms with Crippen molar-refractivity contribution >= 4 is 0 Å². The lowest BCUT2D eigenvalue weighted by Gasteiger charge is -2.50. The first-order valence-corrected chi connectivity index (χ1v) is 3.86. The lowest BCUT2D eigenvalue weighted by Crippen LogP contribution is -2.65. The molecule has 3 aliphatic heterocycles. The first kappa shape index (κ1) is 9.23. The second kappa shape index (κ2) is 2.37. The van der Waals surface area contributed by atoms with Crippen LogP contribution in [0, 0.1) is 5.41 Å². The molecule has 76 valence electrons. The van der Waals surface area contributed by atoms with Crippen LogP contribution in [0.1, 0.15) is 6.92 Å². The summed E-state index contributed by atoms with van der Waals surface area (Å²) in [5.41, 5.74) is -0.438. The summed E-state index contributed by atoms with van der Waals surface area (Å²) >= 11 is 0. The Morgan fingerprint density at radius 3 is 1.69 bits per heavy atom. The van der Waals surface area contributed by atoms with Crippen LogP contribution in [-0.2, 0) is 14.2 Å². The molecule has 6 heteroatoms. The molecule has 13 heavy (non-hydrogen) atoms. The SMILES string of the molecule is CC12COC(C(F)(F)F)(OC1)OC2. The second-order valence-corrected chi connectivity index (χ2v) is 3.73. The van der Waals surface area contributed by atoms with E-state index < -0.39 is 17.6 Å². The van der Waals surface area contributed by atoms with E-state index in [1.54, 1.807) is 6.92 Å². The zero-order valence-corrected chi connectivity index (χ0v) is 6.98. The molecule has 0 atom stereocenters. The van der Waals surface area contributed by atoms with Crippen molar-refractivity contribution in [3.05, 3.63) is 0 Å². The molecular weight excluding hydrogens is 189 g/mol. The van der Waals surface area contributed by atoms with Crippen LogP contribution in [0.5, 0.6) is 0 Å². The molecule has 0 radical (unpaired) electrons. The van der Waals surface area contributed by atoms with Gasteiger partial charge in [0.15, 0.2) is 0 Å². The maximum atomic E-state index is 12.4. The Morgan fingerprint density at radius 1 is 1.00 bits per heavy atom. The number of hydrogen-bond acceptors (Lipinski definition) is 3. The molecule has 3 fully saturated rings. The fourth-order valence-electron chi connectivity index (χ4n) is 1.30. The summed E-state index contributed by atoms with van der Waals surface area (Å²) in [6.45, 7) is 1.82. The maximum absolute atomic E-state index is 12.4. The van der Waals surface area contributed by atoms with Crippen LogP contribution in [0.25, 0.3) is 0 Å². The van der Waals surface area contributed by atoms with Crippen molar-refractivity contribution in [2.24, 2.45) is 5.41 Å². The van der Waals surface area contributed by atoms with E-state index in [-0.39, 0.29) is 19.8 Å². The number of rotatable bonds is 0. The highest BCUT2D eigenvalue weighted by atomic mass is 19.4. The number of ether oxygens (including phenoxy) is 3. The molecule has 3 saturated heterocycles. The summed E-state index contributed by atoms with van der Waals surface area (Å²) in [6.07, 6.45) is -4.63. The number of alkyl halides is 3. The predicted molar refractivity (Wildman–Crippen MR) is 34.7 cm³/mol. The third kappa shape index (κ3) is 1.24. The molecule has 0 aromatic heterocycles. The van der Waals surface area contributed by atoms with E-state index in [4.69, 9.17) is 0 Å². The molecular formula is C7H9F3O3. The van der Waals surface area contributed by atoms with Gasteiger partial charge in [0.2, 0.25) is 0 Å². The quantitative estimate of drug-likeness (QED) is 0.587. The summed E-state index contributed by atoms with van der Waals surface area (Å²) < 4.78 is 50.8. The van der Waals surface area contributed by atoms with Crippen LogP contribution < -0.4 is 0 Å². The van der Waals surface area contributed by atoms with Crippen LogP contribution in [0.3, 0.4) is 0 Å². The summed E-state index contributed by atoms with van der Waals surface area (Å²) in [4.78, 5) is 0. The van der Waals surface area contributed by atoms with Crippen LogP contribution in [0.15, 0.2) is 0 Å². The molecule has 0 aromatic carbocycles.